The molecule has 0 radical (unpaired) electrons. The van der Waals surface area contributed by atoms with E-state index >= 15 is 0 Å². The molecule has 1 amide bonds. The molecular formula is C14H19NO3. The van der Waals surface area contributed by atoms with Crippen LogP contribution in [0, 0.1) is 0 Å². The highest BCUT2D eigenvalue weighted by atomic mass is 16.6. The predicted molar refractivity (Wildman–Crippen MR) is 70.2 cm³/mol. The van der Waals surface area contributed by atoms with Crippen LogP contribution in [0.15, 0.2) is 18.2 Å². The number of carbonyl (C=O) groups is 1. The minimum absolute atomic E-state index is 0.0557. The lowest BCUT2D eigenvalue weighted by atomic mass is 10.2. The molecule has 18 heavy (non-hydrogen) atoms. The number of anilines is 1. The maximum atomic E-state index is 11.7. The number of nitrogens with one attached hydrogen (secondary N) is 1. The van der Waals surface area contributed by atoms with Gasteiger partial charge in [-0.3, -0.25) is 4.79 Å². The Morgan fingerprint density at radius 3 is 2.78 bits per heavy atom. The molecule has 0 spiro atoms. The van der Waals surface area contributed by atoms with Gasteiger partial charge in [0.25, 0.3) is 0 Å². The predicted octanol–water partition coefficient (Wildman–Crippen LogP) is 2.98. The smallest absolute Gasteiger partial charge is 0.224 e. The third-order valence-electron chi connectivity index (χ3n) is 2.83. The van der Waals surface area contributed by atoms with E-state index in [0.717, 1.165) is 30.7 Å². The summed E-state index contributed by atoms with van der Waals surface area (Å²) in [6.07, 6.45) is 3.72. The fraction of sp³-hybridized carbons (Fsp3) is 0.500. The number of fused-ring (bicyclic) bond motifs is 1. The molecule has 1 heterocycles. The molecule has 0 saturated heterocycles. The first-order chi connectivity index (χ1) is 8.79. The Morgan fingerprint density at radius 1 is 1.22 bits per heavy atom. The Morgan fingerprint density at radius 2 is 2.00 bits per heavy atom. The Hall–Kier alpha value is -1.71. The number of hydrogen-bond acceptors (Lipinski definition) is 3. The average Bonchev–Trinajstić information content (AvgIpc) is 2.39. The fourth-order valence-electron chi connectivity index (χ4n) is 1.88. The number of hydrogen-bond donors (Lipinski definition) is 1. The molecule has 0 atom stereocenters. The summed E-state index contributed by atoms with van der Waals surface area (Å²) in [5.74, 6) is 1.50. The average molecular weight is 249 g/mol. The zero-order valence-corrected chi connectivity index (χ0v) is 10.7. The van der Waals surface area contributed by atoms with Gasteiger partial charge in [-0.25, -0.2) is 0 Å². The molecule has 1 aromatic rings. The lowest BCUT2D eigenvalue weighted by molar-refractivity contribution is -0.116. The van der Waals surface area contributed by atoms with E-state index in [1.807, 2.05) is 18.2 Å². The molecule has 0 bridgehead atoms. The Bertz CT molecular complexity index is 418. The summed E-state index contributed by atoms with van der Waals surface area (Å²) in [4.78, 5) is 11.7. The minimum Gasteiger partial charge on any atom is -0.486 e. The van der Waals surface area contributed by atoms with Gasteiger partial charge in [-0.1, -0.05) is 19.8 Å². The summed E-state index contributed by atoms with van der Waals surface area (Å²) in [5.41, 5.74) is 0.765. The first-order valence-electron chi connectivity index (χ1n) is 6.49. The van der Waals surface area contributed by atoms with Crippen molar-refractivity contribution in [3.8, 4) is 11.5 Å². The molecule has 1 aliphatic rings. The van der Waals surface area contributed by atoms with E-state index in [2.05, 4.69) is 12.2 Å². The SMILES string of the molecule is CCCCCC(=O)Nc1ccc2c(c1)OCCO2. The van der Waals surface area contributed by atoms with Gasteiger partial charge in [-0.2, -0.15) is 0 Å². The Balaban J connectivity index is 1.91. The quantitative estimate of drug-likeness (QED) is 0.816. The van der Waals surface area contributed by atoms with Crippen molar-refractivity contribution in [1.29, 1.82) is 0 Å². The molecular weight excluding hydrogens is 230 g/mol. The van der Waals surface area contributed by atoms with Crippen molar-refractivity contribution >= 4 is 11.6 Å². The van der Waals surface area contributed by atoms with E-state index in [4.69, 9.17) is 9.47 Å². The summed E-state index contributed by atoms with van der Waals surface area (Å²) < 4.78 is 10.9. The molecule has 4 nitrogen and oxygen atoms in total. The summed E-state index contributed by atoms with van der Waals surface area (Å²) in [7, 11) is 0. The van der Waals surface area contributed by atoms with Gasteiger partial charge < -0.3 is 14.8 Å². The van der Waals surface area contributed by atoms with Crippen LogP contribution in [0.25, 0.3) is 0 Å². The lowest BCUT2D eigenvalue weighted by Gasteiger charge is -2.19. The monoisotopic (exact) mass is 249 g/mol. The van der Waals surface area contributed by atoms with Crippen LogP contribution in [-0.4, -0.2) is 19.1 Å². The van der Waals surface area contributed by atoms with Crippen molar-refractivity contribution in [3.63, 3.8) is 0 Å². The van der Waals surface area contributed by atoms with Gasteiger partial charge in [0.1, 0.15) is 13.2 Å². The molecule has 0 aromatic heterocycles. The van der Waals surface area contributed by atoms with Crippen molar-refractivity contribution < 1.29 is 14.3 Å². The number of unbranched alkanes of at least 4 members (excludes halogenated alkanes) is 2. The number of carbonyl (C=O) groups excluding carboxylic acids is 1. The molecule has 0 saturated carbocycles. The molecule has 1 aromatic carbocycles. The van der Waals surface area contributed by atoms with Crippen LogP contribution in [0.4, 0.5) is 5.69 Å². The van der Waals surface area contributed by atoms with Gasteiger partial charge in [0.05, 0.1) is 0 Å². The zero-order valence-electron chi connectivity index (χ0n) is 10.7. The van der Waals surface area contributed by atoms with Crippen LogP contribution in [0.1, 0.15) is 32.6 Å². The topological polar surface area (TPSA) is 47.6 Å². The minimum atomic E-state index is 0.0557. The molecule has 1 N–H and O–H groups in total. The standard InChI is InChI=1S/C14H19NO3/c1-2-3-4-5-14(16)15-11-6-7-12-13(10-11)18-9-8-17-12/h6-7,10H,2-5,8-9H2,1H3,(H,15,16). The van der Waals surface area contributed by atoms with Crippen LogP contribution in [0.5, 0.6) is 11.5 Å². The lowest BCUT2D eigenvalue weighted by Crippen LogP contribution is -2.16. The maximum absolute atomic E-state index is 11.7. The summed E-state index contributed by atoms with van der Waals surface area (Å²) >= 11 is 0. The van der Waals surface area contributed by atoms with Crippen molar-refractivity contribution in [1.82, 2.24) is 0 Å². The summed E-state index contributed by atoms with van der Waals surface area (Å²) in [6.45, 7) is 3.26. The van der Waals surface area contributed by atoms with Crippen molar-refractivity contribution in [3.05, 3.63) is 18.2 Å². The fourth-order valence-corrected chi connectivity index (χ4v) is 1.88. The van der Waals surface area contributed by atoms with E-state index in [-0.39, 0.29) is 5.91 Å². The van der Waals surface area contributed by atoms with E-state index in [1.54, 1.807) is 0 Å². The third-order valence-corrected chi connectivity index (χ3v) is 2.83. The van der Waals surface area contributed by atoms with Crippen LogP contribution in [0.2, 0.25) is 0 Å². The first kappa shape index (κ1) is 12.7. The number of benzene rings is 1. The molecule has 98 valence electrons. The second-order valence-corrected chi connectivity index (χ2v) is 4.36. The molecule has 2 rings (SSSR count). The number of amides is 1. The van der Waals surface area contributed by atoms with Gasteiger partial charge >= 0.3 is 0 Å². The Labute approximate surface area is 107 Å². The van der Waals surface area contributed by atoms with Gasteiger partial charge in [-0.05, 0) is 18.6 Å². The van der Waals surface area contributed by atoms with E-state index in [1.165, 1.54) is 0 Å². The highest BCUT2D eigenvalue weighted by molar-refractivity contribution is 5.91. The van der Waals surface area contributed by atoms with Crippen LogP contribution in [0.3, 0.4) is 0 Å². The first-order valence-corrected chi connectivity index (χ1v) is 6.49. The number of ether oxygens (including phenoxy) is 2. The summed E-state index contributed by atoms with van der Waals surface area (Å²) in [5, 5.41) is 2.88. The molecule has 1 aliphatic heterocycles. The summed E-state index contributed by atoms with van der Waals surface area (Å²) in [6, 6.07) is 5.48. The largest absolute Gasteiger partial charge is 0.486 e. The number of rotatable bonds is 5. The second kappa shape index (κ2) is 6.28. The van der Waals surface area contributed by atoms with E-state index < -0.39 is 0 Å². The molecule has 0 unspecified atom stereocenters. The van der Waals surface area contributed by atoms with Gasteiger partial charge in [0.2, 0.25) is 5.91 Å². The van der Waals surface area contributed by atoms with Crippen molar-refractivity contribution in [2.24, 2.45) is 0 Å². The van der Waals surface area contributed by atoms with Crippen LogP contribution in [-0.2, 0) is 4.79 Å². The van der Waals surface area contributed by atoms with Crippen LogP contribution >= 0.6 is 0 Å². The van der Waals surface area contributed by atoms with E-state index in [9.17, 15) is 4.79 Å². The second-order valence-electron chi connectivity index (χ2n) is 4.36. The van der Waals surface area contributed by atoms with Crippen molar-refractivity contribution in [2.45, 2.75) is 32.6 Å². The molecule has 4 heteroatoms. The highest BCUT2D eigenvalue weighted by Crippen LogP contribution is 2.32. The van der Waals surface area contributed by atoms with Crippen LogP contribution < -0.4 is 14.8 Å². The highest BCUT2D eigenvalue weighted by Gasteiger charge is 2.12. The normalized spacial score (nSPS) is 13.2. The van der Waals surface area contributed by atoms with Gasteiger partial charge in [0, 0.05) is 18.2 Å². The van der Waals surface area contributed by atoms with E-state index in [0.29, 0.717) is 25.4 Å². The Kier molecular flexibility index (Phi) is 4.45. The molecule has 0 fully saturated rings. The maximum Gasteiger partial charge on any atom is 0.224 e. The zero-order chi connectivity index (χ0) is 12.8. The van der Waals surface area contributed by atoms with Crippen molar-refractivity contribution in [2.75, 3.05) is 18.5 Å². The van der Waals surface area contributed by atoms with Gasteiger partial charge in [0.15, 0.2) is 11.5 Å². The third kappa shape index (κ3) is 3.39. The molecule has 0 aliphatic carbocycles. The van der Waals surface area contributed by atoms with Gasteiger partial charge in [-0.15, -0.1) is 0 Å².